The molecule has 1 atom stereocenters. The van der Waals surface area contributed by atoms with Crippen molar-refractivity contribution in [2.75, 3.05) is 19.6 Å². The molecule has 1 saturated heterocycles. The molecule has 1 saturated carbocycles. The minimum Gasteiger partial charge on any atom is -0.302 e. The predicted octanol–water partition coefficient (Wildman–Crippen LogP) is 4.24. The van der Waals surface area contributed by atoms with Gasteiger partial charge in [0.05, 0.1) is 0 Å². The molecule has 98 valence electrons. The Morgan fingerprint density at radius 2 is 1.88 bits per heavy atom. The first-order valence-electron chi connectivity index (χ1n) is 7.77. The number of likely N-dealkylation sites (tertiary alicyclic amines) is 1. The number of allylic oxidation sites excluding steroid dienone is 1. The lowest BCUT2D eigenvalue weighted by Gasteiger charge is -2.35. The van der Waals surface area contributed by atoms with Gasteiger partial charge in [-0.3, -0.25) is 0 Å². The molecule has 1 heteroatoms. The first-order chi connectivity index (χ1) is 8.38. The monoisotopic (exact) mass is 235 g/mol. The van der Waals surface area contributed by atoms with Crippen LogP contribution in [0.25, 0.3) is 0 Å². The molecule has 0 spiro atoms. The summed E-state index contributed by atoms with van der Waals surface area (Å²) in [5.74, 6) is 1.85. The Balaban J connectivity index is 1.74. The quantitative estimate of drug-likeness (QED) is 0.659. The maximum absolute atomic E-state index is 2.74. The first-order valence-corrected chi connectivity index (χ1v) is 7.77. The van der Waals surface area contributed by atoms with E-state index in [2.05, 4.69) is 24.0 Å². The summed E-state index contributed by atoms with van der Waals surface area (Å²) in [5, 5.41) is 0. The van der Waals surface area contributed by atoms with Gasteiger partial charge < -0.3 is 4.90 Å². The molecule has 2 rings (SSSR count). The Morgan fingerprint density at radius 3 is 2.65 bits per heavy atom. The molecule has 1 nitrogen and oxygen atoms in total. The van der Waals surface area contributed by atoms with Gasteiger partial charge in [0.2, 0.25) is 0 Å². The zero-order chi connectivity index (χ0) is 11.9. The highest BCUT2D eigenvalue weighted by atomic mass is 15.1. The Bertz CT molecular complexity index is 228. The molecule has 17 heavy (non-hydrogen) atoms. The third kappa shape index (κ3) is 4.46. The highest BCUT2D eigenvalue weighted by molar-refractivity contribution is 4.91. The molecule has 0 N–H and O–H groups in total. The standard InChI is InChI=1S/C16H29N/c1-2-3-8-15-11-7-12-17(13-15)14-16-9-5-4-6-10-16/h3,8,15-16H,2,4-7,9-14H2,1H3/b8-3-. The summed E-state index contributed by atoms with van der Waals surface area (Å²) in [6, 6.07) is 0. The molecule has 0 bridgehead atoms. The van der Waals surface area contributed by atoms with Crippen molar-refractivity contribution >= 4 is 0 Å². The van der Waals surface area contributed by atoms with Gasteiger partial charge in [0, 0.05) is 13.1 Å². The second-order valence-corrected chi connectivity index (χ2v) is 6.00. The molecule has 1 heterocycles. The summed E-state index contributed by atoms with van der Waals surface area (Å²) in [5.41, 5.74) is 0. The third-order valence-electron chi connectivity index (χ3n) is 4.43. The fourth-order valence-corrected chi connectivity index (χ4v) is 3.48. The minimum absolute atomic E-state index is 0.840. The largest absolute Gasteiger partial charge is 0.302 e. The van der Waals surface area contributed by atoms with Gasteiger partial charge in [0.1, 0.15) is 0 Å². The average molecular weight is 235 g/mol. The van der Waals surface area contributed by atoms with Crippen molar-refractivity contribution in [3.63, 3.8) is 0 Å². The normalized spacial score (nSPS) is 28.9. The molecule has 0 aromatic rings. The summed E-state index contributed by atoms with van der Waals surface area (Å²) in [7, 11) is 0. The van der Waals surface area contributed by atoms with Crippen LogP contribution in [0.5, 0.6) is 0 Å². The fourth-order valence-electron chi connectivity index (χ4n) is 3.48. The second-order valence-electron chi connectivity index (χ2n) is 6.00. The van der Waals surface area contributed by atoms with Crippen molar-refractivity contribution in [2.24, 2.45) is 11.8 Å². The van der Waals surface area contributed by atoms with Gasteiger partial charge in [-0.2, -0.15) is 0 Å². The van der Waals surface area contributed by atoms with Crippen LogP contribution < -0.4 is 0 Å². The van der Waals surface area contributed by atoms with Crippen LogP contribution in [0.15, 0.2) is 12.2 Å². The lowest BCUT2D eigenvalue weighted by Crippen LogP contribution is -2.38. The Morgan fingerprint density at radius 1 is 1.06 bits per heavy atom. The van der Waals surface area contributed by atoms with Gasteiger partial charge in [-0.25, -0.2) is 0 Å². The average Bonchev–Trinajstić information content (AvgIpc) is 2.38. The molecule has 0 radical (unpaired) electrons. The molecular weight excluding hydrogens is 206 g/mol. The molecule has 1 unspecified atom stereocenters. The fraction of sp³-hybridized carbons (Fsp3) is 0.875. The highest BCUT2D eigenvalue weighted by Gasteiger charge is 2.21. The van der Waals surface area contributed by atoms with Crippen LogP contribution in [0.2, 0.25) is 0 Å². The van der Waals surface area contributed by atoms with Crippen LogP contribution in [0.1, 0.15) is 58.3 Å². The SMILES string of the molecule is CC/C=C\C1CCCN(CC2CCCCC2)C1. The first kappa shape index (κ1) is 13.1. The van der Waals surface area contributed by atoms with E-state index in [0.717, 1.165) is 11.8 Å². The van der Waals surface area contributed by atoms with Gasteiger partial charge >= 0.3 is 0 Å². The van der Waals surface area contributed by atoms with Gasteiger partial charge in [-0.15, -0.1) is 0 Å². The van der Waals surface area contributed by atoms with Gasteiger partial charge in [-0.1, -0.05) is 38.3 Å². The minimum atomic E-state index is 0.840. The second kappa shape index (κ2) is 7.20. The summed E-state index contributed by atoms with van der Waals surface area (Å²) in [6.45, 7) is 6.30. The Labute approximate surface area is 107 Å². The van der Waals surface area contributed by atoms with E-state index in [0.29, 0.717) is 0 Å². The van der Waals surface area contributed by atoms with Gasteiger partial charge in [0.25, 0.3) is 0 Å². The molecule has 0 aromatic heterocycles. The van der Waals surface area contributed by atoms with Crippen molar-refractivity contribution in [3.8, 4) is 0 Å². The van der Waals surface area contributed by atoms with Gasteiger partial charge in [-0.05, 0) is 50.5 Å². The van der Waals surface area contributed by atoms with Crippen LogP contribution in [0.3, 0.4) is 0 Å². The zero-order valence-electron chi connectivity index (χ0n) is 11.5. The van der Waals surface area contributed by atoms with Crippen LogP contribution in [-0.4, -0.2) is 24.5 Å². The highest BCUT2D eigenvalue weighted by Crippen LogP contribution is 2.26. The maximum atomic E-state index is 2.74. The lowest BCUT2D eigenvalue weighted by molar-refractivity contribution is 0.153. The summed E-state index contributed by atoms with van der Waals surface area (Å²) >= 11 is 0. The van der Waals surface area contributed by atoms with Crippen LogP contribution >= 0.6 is 0 Å². The lowest BCUT2D eigenvalue weighted by atomic mass is 9.88. The molecule has 1 aliphatic carbocycles. The van der Waals surface area contributed by atoms with E-state index in [-0.39, 0.29) is 0 Å². The molecule has 0 aromatic carbocycles. The zero-order valence-corrected chi connectivity index (χ0v) is 11.5. The predicted molar refractivity (Wildman–Crippen MR) is 75.2 cm³/mol. The van der Waals surface area contributed by atoms with E-state index < -0.39 is 0 Å². The third-order valence-corrected chi connectivity index (χ3v) is 4.43. The number of hydrogen-bond donors (Lipinski definition) is 0. The van der Waals surface area contributed by atoms with E-state index in [4.69, 9.17) is 0 Å². The Kier molecular flexibility index (Phi) is 5.57. The summed E-state index contributed by atoms with van der Waals surface area (Å²) in [6.07, 6.45) is 16.3. The van der Waals surface area contributed by atoms with Crippen LogP contribution in [0.4, 0.5) is 0 Å². The summed E-state index contributed by atoms with van der Waals surface area (Å²) in [4.78, 5) is 2.74. The molecular formula is C16H29N. The maximum Gasteiger partial charge on any atom is 0.00444 e. The number of piperidine rings is 1. The van der Waals surface area contributed by atoms with Crippen molar-refractivity contribution in [2.45, 2.75) is 58.3 Å². The number of nitrogens with zero attached hydrogens (tertiary/aromatic N) is 1. The van der Waals surface area contributed by atoms with Crippen LogP contribution in [0, 0.1) is 11.8 Å². The Hall–Kier alpha value is -0.300. The van der Waals surface area contributed by atoms with E-state index in [9.17, 15) is 0 Å². The molecule has 2 fully saturated rings. The molecule has 2 aliphatic rings. The van der Waals surface area contributed by atoms with Crippen molar-refractivity contribution < 1.29 is 0 Å². The molecule has 1 aliphatic heterocycles. The van der Waals surface area contributed by atoms with E-state index in [1.165, 1.54) is 71.0 Å². The van der Waals surface area contributed by atoms with E-state index >= 15 is 0 Å². The van der Waals surface area contributed by atoms with E-state index in [1.807, 2.05) is 0 Å². The van der Waals surface area contributed by atoms with Crippen LogP contribution in [-0.2, 0) is 0 Å². The van der Waals surface area contributed by atoms with Crippen molar-refractivity contribution in [3.05, 3.63) is 12.2 Å². The topological polar surface area (TPSA) is 3.24 Å². The number of hydrogen-bond acceptors (Lipinski definition) is 1. The summed E-state index contributed by atoms with van der Waals surface area (Å²) < 4.78 is 0. The van der Waals surface area contributed by atoms with Crippen molar-refractivity contribution in [1.82, 2.24) is 4.90 Å². The smallest absolute Gasteiger partial charge is 0.00444 e. The molecule has 0 amide bonds. The van der Waals surface area contributed by atoms with Crippen molar-refractivity contribution in [1.29, 1.82) is 0 Å². The van der Waals surface area contributed by atoms with E-state index in [1.54, 1.807) is 0 Å². The number of rotatable bonds is 4. The van der Waals surface area contributed by atoms with Gasteiger partial charge in [0.15, 0.2) is 0 Å².